The minimum Gasteiger partial charge on any atom is -0.486 e. The Morgan fingerprint density at radius 3 is 2.43 bits per heavy atom. The summed E-state index contributed by atoms with van der Waals surface area (Å²) in [5, 5.41) is 4.10. The Kier molecular flexibility index (Phi) is 8.79. The summed E-state index contributed by atoms with van der Waals surface area (Å²) in [5.41, 5.74) is 1.61. The van der Waals surface area contributed by atoms with Crippen LogP contribution in [0.2, 0.25) is 10.0 Å². The zero-order valence-corrected chi connectivity index (χ0v) is 21.5. The zero-order chi connectivity index (χ0) is 24.8. The van der Waals surface area contributed by atoms with E-state index in [2.05, 4.69) is 5.32 Å². The van der Waals surface area contributed by atoms with Crippen LogP contribution in [0.15, 0.2) is 36.4 Å². The Hall–Kier alpha value is -2.44. The van der Waals surface area contributed by atoms with Crippen molar-refractivity contribution in [3.05, 3.63) is 57.6 Å². The molecule has 0 radical (unpaired) electrons. The third-order valence-corrected chi connectivity index (χ3v) is 7.45. The van der Waals surface area contributed by atoms with Crippen molar-refractivity contribution in [1.29, 1.82) is 0 Å². The van der Waals surface area contributed by atoms with Crippen molar-refractivity contribution in [3.63, 3.8) is 0 Å². The number of carbonyl (C=O) groups excluding carboxylic acids is 2. The number of nitrogens with one attached hydrogen (secondary N) is 1. The van der Waals surface area contributed by atoms with Crippen LogP contribution >= 0.6 is 23.2 Å². The lowest BCUT2D eigenvalue weighted by molar-refractivity contribution is -0.141. The maximum atomic E-state index is 13.5. The quantitative estimate of drug-likeness (QED) is 0.496. The van der Waals surface area contributed by atoms with Crippen molar-refractivity contribution >= 4 is 35.0 Å². The van der Waals surface area contributed by atoms with Gasteiger partial charge in [-0.1, -0.05) is 54.6 Å². The van der Waals surface area contributed by atoms with Gasteiger partial charge in [0.1, 0.15) is 19.3 Å². The first-order valence-corrected chi connectivity index (χ1v) is 13.1. The molecule has 1 N–H and O–H groups in total. The number of halogens is 2. The van der Waals surface area contributed by atoms with Crippen molar-refractivity contribution < 1.29 is 19.1 Å². The number of rotatable bonds is 8. The Labute approximate surface area is 216 Å². The van der Waals surface area contributed by atoms with E-state index in [1.807, 2.05) is 18.2 Å². The standard InChI is InChI=1S/C27H32Cl2N2O4/c1-18(27(33)30-20-6-3-2-4-7-20)31(17-21-22(28)8-5-9-23(21)29)26(32)13-11-19-10-12-24-25(16-19)35-15-14-34-24/h5,8-10,12,16,18,20H,2-4,6-7,11,13-15,17H2,1H3,(H,30,33)/t18-/m0/s1. The molecule has 0 bridgehead atoms. The van der Waals surface area contributed by atoms with E-state index >= 15 is 0 Å². The number of benzene rings is 2. The summed E-state index contributed by atoms with van der Waals surface area (Å²) in [6, 6.07) is 10.5. The zero-order valence-electron chi connectivity index (χ0n) is 20.0. The van der Waals surface area contributed by atoms with Gasteiger partial charge in [-0.2, -0.15) is 0 Å². The monoisotopic (exact) mass is 518 g/mol. The third kappa shape index (κ3) is 6.62. The van der Waals surface area contributed by atoms with Crippen LogP contribution in [0.4, 0.5) is 0 Å². The molecule has 2 aromatic carbocycles. The average Bonchev–Trinajstić information content (AvgIpc) is 2.87. The van der Waals surface area contributed by atoms with Crippen molar-refractivity contribution in [3.8, 4) is 11.5 Å². The third-order valence-electron chi connectivity index (χ3n) is 6.74. The van der Waals surface area contributed by atoms with Crippen LogP contribution in [0.25, 0.3) is 0 Å². The Balaban J connectivity index is 1.48. The Morgan fingerprint density at radius 1 is 1.03 bits per heavy atom. The molecule has 0 unspecified atom stereocenters. The van der Waals surface area contributed by atoms with Crippen LogP contribution in [0, 0.1) is 0 Å². The first-order valence-electron chi connectivity index (χ1n) is 12.3. The van der Waals surface area contributed by atoms with Crippen LogP contribution in [0.1, 0.15) is 56.6 Å². The number of nitrogens with zero attached hydrogens (tertiary/aromatic N) is 1. The van der Waals surface area contributed by atoms with Crippen molar-refractivity contribution in [2.75, 3.05) is 13.2 Å². The molecule has 2 amide bonds. The summed E-state index contributed by atoms with van der Waals surface area (Å²) in [4.78, 5) is 28.2. The minimum absolute atomic E-state index is 0.137. The molecule has 0 aromatic heterocycles. The second kappa shape index (κ2) is 12.0. The molecule has 1 fully saturated rings. The number of amides is 2. The van der Waals surface area contributed by atoms with Gasteiger partial charge in [-0.15, -0.1) is 0 Å². The van der Waals surface area contributed by atoms with E-state index in [4.69, 9.17) is 32.7 Å². The lowest BCUT2D eigenvalue weighted by Gasteiger charge is -2.31. The van der Waals surface area contributed by atoms with Crippen LogP contribution in [-0.2, 0) is 22.6 Å². The Morgan fingerprint density at radius 2 is 1.71 bits per heavy atom. The summed E-state index contributed by atoms with van der Waals surface area (Å²) < 4.78 is 11.2. The van der Waals surface area contributed by atoms with E-state index in [0.29, 0.717) is 46.7 Å². The highest BCUT2D eigenvalue weighted by Gasteiger charge is 2.29. The molecule has 6 nitrogen and oxygen atoms in total. The van der Waals surface area contributed by atoms with E-state index < -0.39 is 6.04 Å². The van der Waals surface area contributed by atoms with Crippen molar-refractivity contribution in [1.82, 2.24) is 10.2 Å². The van der Waals surface area contributed by atoms with Gasteiger partial charge in [-0.3, -0.25) is 9.59 Å². The second-order valence-electron chi connectivity index (χ2n) is 9.22. The predicted molar refractivity (Wildman–Crippen MR) is 137 cm³/mol. The molecular weight excluding hydrogens is 487 g/mol. The second-order valence-corrected chi connectivity index (χ2v) is 10.0. The number of hydrogen-bond acceptors (Lipinski definition) is 4. The molecule has 2 aliphatic rings. The number of carbonyl (C=O) groups is 2. The highest BCUT2D eigenvalue weighted by molar-refractivity contribution is 6.36. The van der Waals surface area contributed by atoms with Crippen LogP contribution in [0.3, 0.4) is 0 Å². The van der Waals surface area contributed by atoms with Crippen molar-refractivity contribution in [2.45, 2.75) is 70.5 Å². The molecule has 1 heterocycles. The van der Waals surface area contributed by atoms with Gasteiger partial charge in [0.2, 0.25) is 11.8 Å². The molecule has 1 saturated carbocycles. The van der Waals surface area contributed by atoms with E-state index in [1.54, 1.807) is 30.0 Å². The van der Waals surface area contributed by atoms with Gasteiger partial charge in [-0.25, -0.2) is 0 Å². The van der Waals surface area contributed by atoms with Gasteiger partial charge in [0.15, 0.2) is 11.5 Å². The van der Waals surface area contributed by atoms with Gasteiger partial charge in [0, 0.05) is 34.6 Å². The first-order chi connectivity index (χ1) is 16.9. The summed E-state index contributed by atoms with van der Waals surface area (Å²) >= 11 is 12.8. The molecule has 8 heteroatoms. The minimum atomic E-state index is -0.656. The molecule has 1 aliphatic carbocycles. The molecular formula is C27H32Cl2N2O4. The highest BCUT2D eigenvalue weighted by atomic mass is 35.5. The summed E-state index contributed by atoms with van der Waals surface area (Å²) in [5.74, 6) is 1.13. The van der Waals surface area contributed by atoms with E-state index in [0.717, 1.165) is 31.2 Å². The summed E-state index contributed by atoms with van der Waals surface area (Å²) in [6.07, 6.45) is 6.15. The lowest BCUT2D eigenvalue weighted by atomic mass is 9.95. The largest absolute Gasteiger partial charge is 0.486 e. The number of ether oxygens (including phenoxy) is 2. The van der Waals surface area contributed by atoms with Crippen LogP contribution in [-0.4, -0.2) is 42.0 Å². The molecule has 4 rings (SSSR count). The maximum Gasteiger partial charge on any atom is 0.242 e. The molecule has 1 aliphatic heterocycles. The first kappa shape index (κ1) is 25.6. The summed E-state index contributed by atoms with van der Waals surface area (Å²) in [7, 11) is 0. The average molecular weight is 519 g/mol. The van der Waals surface area contributed by atoms with Gasteiger partial charge in [0.05, 0.1) is 0 Å². The molecule has 188 valence electrons. The maximum absolute atomic E-state index is 13.5. The van der Waals surface area contributed by atoms with Gasteiger partial charge in [0.25, 0.3) is 0 Å². The lowest BCUT2D eigenvalue weighted by Crippen LogP contribution is -2.50. The molecule has 2 aromatic rings. The smallest absolute Gasteiger partial charge is 0.242 e. The molecule has 0 spiro atoms. The van der Waals surface area contributed by atoms with Crippen LogP contribution < -0.4 is 14.8 Å². The highest BCUT2D eigenvalue weighted by Crippen LogP contribution is 2.31. The number of fused-ring (bicyclic) bond motifs is 1. The van der Waals surface area contributed by atoms with E-state index in [-0.39, 0.29) is 30.8 Å². The normalized spacial score (nSPS) is 16.4. The molecule has 35 heavy (non-hydrogen) atoms. The van der Waals surface area contributed by atoms with E-state index in [9.17, 15) is 9.59 Å². The summed E-state index contributed by atoms with van der Waals surface area (Å²) in [6.45, 7) is 2.98. The fourth-order valence-electron chi connectivity index (χ4n) is 4.64. The van der Waals surface area contributed by atoms with Gasteiger partial charge in [-0.05, 0) is 56.0 Å². The Bertz CT molecular complexity index is 1040. The fourth-order valence-corrected chi connectivity index (χ4v) is 5.16. The SMILES string of the molecule is C[C@@H](C(=O)NC1CCCCC1)N(Cc1c(Cl)cccc1Cl)C(=O)CCc1ccc2c(c1)OCCO2. The number of aryl methyl sites for hydroxylation is 1. The van der Waals surface area contributed by atoms with E-state index in [1.165, 1.54) is 6.42 Å². The predicted octanol–water partition coefficient (Wildman–Crippen LogP) is 5.56. The molecule has 1 atom stereocenters. The topological polar surface area (TPSA) is 67.9 Å². The molecule has 0 saturated heterocycles. The number of hydrogen-bond donors (Lipinski definition) is 1. The van der Waals surface area contributed by atoms with Gasteiger partial charge >= 0.3 is 0 Å². The van der Waals surface area contributed by atoms with Gasteiger partial charge < -0.3 is 19.7 Å². The fraction of sp³-hybridized carbons (Fsp3) is 0.481. The van der Waals surface area contributed by atoms with Crippen LogP contribution in [0.5, 0.6) is 11.5 Å². The van der Waals surface area contributed by atoms with Crippen molar-refractivity contribution in [2.24, 2.45) is 0 Å².